The van der Waals surface area contributed by atoms with E-state index in [2.05, 4.69) is 10.3 Å². The molecule has 1 aliphatic heterocycles. The number of allylic oxidation sites excluding steroid dienone is 4. The number of benzene rings is 1. The Labute approximate surface area is 169 Å². The second-order valence-corrected chi connectivity index (χ2v) is 7.04. The lowest BCUT2D eigenvalue weighted by Crippen LogP contribution is -2.27. The van der Waals surface area contributed by atoms with E-state index in [4.69, 9.17) is 0 Å². The van der Waals surface area contributed by atoms with Crippen LogP contribution in [0.2, 0.25) is 0 Å². The van der Waals surface area contributed by atoms with Crippen LogP contribution in [0.15, 0.2) is 72.3 Å². The summed E-state index contributed by atoms with van der Waals surface area (Å²) in [6, 6.07) is 10.5. The minimum atomic E-state index is -1.15. The first-order chi connectivity index (χ1) is 14.0. The lowest BCUT2D eigenvalue weighted by atomic mass is 9.99. The summed E-state index contributed by atoms with van der Waals surface area (Å²) in [4.78, 5) is 15.7. The van der Waals surface area contributed by atoms with E-state index in [0.29, 0.717) is 10.4 Å². The largest absolute Gasteiger partial charge is 0.612 e. The summed E-state index contributed by atoms with van der Waals surface area (Å²) in [5.74, 6) is -1.15. The van der Waals surface area contributed by atoms with E-state index < -0.39 is 10.9 Å². The first-order valence-corrected chi connectivity index (χ1v) is 9.46. The Balaban J connectivity index is 1.83. The maximum absolute atomic E-state index is 11.9. The fourth-order valence-electron chi connectivity index (χ4n) is 3.04. The molecule has 0 bridgehead atoms. The fourth-order valence-corrected chi connectivity index (χ4v) is 3.89. The highest BCUT2D eigenvalue weighted by molar-refractivity contribution is 8.11. The van der Waals surface area contributed by atoms with Gasteiger partial charge in [0.1, 0.15) is 0 Å². The monoisotopic (exact) mass is 404 g/mol. The first kappa shape index (κ1) is 18.6. The van der Waals surface area contributed by atoms with Crippen molar-refractivity contribution >= 4 is 39.7 Å². The predicted octanol–water partition coefficient (Wildman–Crippen LogP) is 1.91. The number of hydrogen-bond acceptors (Lipinski definition) is 6. The molecule has 1 aliphatic carbocycles. The SMILES string of the molecule is O=C(O)c1cc(=C2NC(c3ccccn3)=CS2)ccc1=C1C=CC=CC1=[N+]([O-])[O-]. The van der Waals surface area contributed by atoms with Crippen molar-refractivity contribution in [3.05, 3.63) is 104 Å². The van der Waals surface area contributed by atoms with Crippen LogP contribution < -0.4 is 15.8 Å². The maximum Gasteiger partial charge on any atom is 0.336 e. The molecule has 1 aromatic heterocycles. The van der Waals surface area contributed by atoms with E-state index in [1.165, 1.54) is 23.9 Å². The van der Waals surface area contributed by atoms with Gasteiger partial charge < -0.3 is 20.8 Å². The zero-order chi connectivity index (χ0) is 20.4. The van der Waals surface area contributed by atoms with Crippen molar-refractivity contribution in [2.24, 2.45) is 0 Å². The Kier molecular flexibility index (Phi) is 4.92. The molecule has 1 aromatic carbocycles. The van der Waals surface area contributed by atoms with Gasteiger partial charge in [0, 0.05) is 28.1 Å². The van der Waals surface area contributed by atoms with Crippen LogP contribution in [-0.2, 0) is 0 Å². The molecule has 0 atom stereocenters. The van der Waals surface area contributed by atoms with Crippen LogP contribution in [0.1, 0.15) is 16.1 Å². The third-order valence-electron chi connectivity index (χ3n) is 4.39. The molecule has 0 radical (unpaired) electrons. The molecule has 4 rings (SSSR count). The van der Waals surface area contributed by atoms with Gasteiger partial charge in [0.2, 0.25) is 5.71 Å². The number of aromatic carboxylic acids is 1. The molecule has 29 heavy (non-hydrogen) atoms. The molecule has 144 valence electrons. The number of hydrogen-bond donors (Lipinski definition) is 2. The van der Waals surface area contributed by atoms with E-state index in [1.807, 2.05) is 23.6 Å². The molecule has 0 spiro atoms. The number of carbonyl (C=O) groups is 1. The molecular weight excluding hydrogens is 390 g/mol. The van der Waals surface area contributed by atoms with Gasteiger partial charge >= 0.3 is 5.97 Å². The van der Waals surface area contributed by atoms with Crippen molar-refractivity contribution in [1.29, 1.82) is 0 Å². The normalized spacial score (nSPS) is 19.0. The molecule has 0 unspecified atom stereocenters. The molecule has 2 heterocycles. The van der Waals surface area contributed by atoms with Crippen molar-refractivity contribution < 1.29 is 14.8 Å². The topological polar surface area (TPSA) is 111 Å². The summed E-state index contributed by atoms with van der Waals surface area (Å²) in [6.45, 7) is 0. The van der Waals surface area contributed by atoms with E-state index >= 15 is 0 Å². The number of rotatable bonds is 2. The molecule has 0 amide bonds. The summed E-state index contributed by atoms with van der Waals surface area (Å²) in [5.41, 5.74) is 1.74. The number of carboxylic acid groups (broad SMARTS) is 1. The average Bonchev–Trinajstić information content (AvgIpc) is 3.24. The van der Waals surface area contributed by atoms with Gasteiger partial charge in [-0.25, -0.2) is 4.79 Å². The molecule has 0 saturated carbocycles. The first-order valence-electron chi connectivity index (χ1n) is 8.58. The van der Waals surface area contributed by atoms with Gasteiger partial charge in [0.25, 0.3) is 0 Å². The van der Waals surface area contributed by atoms with Crippen LogP contribution in [0.25, 0.3) is 16.3 Å². The van der Waals surface area contributed by atoms with Crippen molar-refractivity contribution in [2.45, 2.75) is 0 Å². The molecule has 7 nitrogen and oxygen atoms in total. The summed E-state index contributed by atoms with van der Waals surface area (Å²) < 4.78 is 0. The van der Waals surface area contributed by atoms with E-state index in [0.717, 1.165) is 16.4 Å². The Morgan fingerprint density at radius 3 is 2.69 bits per heavy atom. The Morgan fingerprint density at radius 2 is 1.97 bits per heavy atom. The highest BCUT2D eigenvalue weighted by atomic mass is 32.2. The number of nitrogens with zero attached hydrogens (tertiary/aromatic N) is 2. The molecule has 0 saturated heterocycles. The lowest BCUT2D eigenvalue weighted by molar-refractivity contribution is -0.376. The second kappa shape index (κ2) is 7.69. The lowest BCUT2D eigenvalue weighted by Gasteiger charge is -2.12. The van der Waals surface area contributed by atoms with Gasteiger partial charge in [-0.05, 0) is 24.3 Å². The fraction of sp³-hybridized carbons (Fsp3) is 0. The van der Waals surface area contributed by atoms with Crippen LogP contribution >= 0.6 is 11.8 Å². The Bertz CT molecular complexity index is 1240. The minimum Gasteiger partial charge on any atom is -0.612 e. The smallest absolute Gasteiger partial charge is 0.336 e. The zero-order valence-corrected chi connectivity index (χ0v) is 15.7. The summed E-state index contributed by atoms with van der Waals surface area (Å²) >= 11 is 1.43. The number of carboxylic acids is 1. The quantitative estimate of drug-likeness (QED) is 0.581. The third kappa shape index (κ3) is 3.65. The summed E-state index contributed by atoms with van der Waals surface area (Å²) in [7, 11) is 0. The summed E-state index contributed by atoms with van der Waals surface area (Å²) in [6.07, 6.45) is 7.81. The van der Waals surface area contributed by atoms with Crippen molar-refractivity contribution in [3.8, 4) is 0 Å². The number of aromatic nitrogens is 1. The standard InChI is InChI=1S/C21H14N3O4S/c25-21(26)16-11-13(20-23-18(12-29-20)17-6-3-4-10-22-17)8-9-14(16)15-5-1-2-7-19(15)24(27)28/h1-12,23H,(H-,25,26,27,28)/q-1. The maximum atomic E-state index is 11.9. The summed E-state index contributed by atoms with van der Waals surface area (Å²) in [5, 5.41) is 39.3. The predicted molar refractivity (Wildman–Crippen MR) is 113 cm³/mol. The average molecular weight is 404 g/mol. The van der Waals surface area contributed by atoms with E-state index in [9.17, 15) is 20.3 Å². The zero-order valence-electron chi connectivity index (χ0n) is 14.9. The molecule has 2 N–H and O–H groups in total. The number of pyridine rings is 1. The minimum absolute atomic E-state index is 0.00186. The Hall–Kier alpha value is -3.78. The van der Waals surface area contributed by atoms with Crippen LogP contribution in [0.5, 0.6) is 0 Å². The van der Waals surface area contributed by atoms with Crippen LogP contribution in [0, 0.1) is 10.4 Å². The van der Waals surface area contributed by atoms with Gasteiger partial charge in [-0.15, -0.1) is 0 Å². The van der Waals surface area contributed by atoms with Gasteiger partial charge in [-0.3, -0.25) is 4.98 Å². The molecule has 2 aromatic rings. The van der Waals surface area contributed by atoms with E-state index in [-0.39, 0.29) is 16.8 Å². The molecule has 0 fully saturated rings. The van der Waals surface area contributed by atoms with Crippen LogP contribution in [-0.4, -0.2) is 26.7 Å². The van der Waals surface area contributed by atoms with E-state index in [1.54, 1.807) is 36.6 Å². The number of thioether (sulfide) groups is 1. The molecule has 8 heteroatoms. The number of nitrogens with one attached hydrogen (secondary N) is 1. The van der Waals surface area contributed by atoms with Gasteiger partial charge in [0.15, 0.2) is 0 Å². The highest BCUT2D eigenvalue weighted by Crippen LogP contribution is 2.29. The van der Waals surface area contributed by atoms with Gasteiger partial charge in [-0.2, -0.15) is 4.90 Å². The highest BCUT2D eigenvalue weighted by Gasteiger charge is 2.18. The van der Waals surface area contributed by atoms with Crippen molar-refractivity contribution in [2.75, 3.05) is 0 Å². The molecule has 2 aliphatic rings. The Morgan fingerprint density at radius 1 is 1.14 bits per heavy atom. The van der Waals surface area contributed by atoms with Gasteiger partial charge in [0.05, 0.1) is 27.6 Å². The van der Waals surface area contributed by atoms with Crippen LogP contribution in [0.3, 0.4) is 0 Å². The van der Waals surface area contributed by atoms with Crippen molar-refractivity contribution in [3.63, 3.8) is 0 Å². The third-order valence-corrected chi connectivity index (χ3v) is 5.31. The second-order valence-electron chi connectivity index (χ2n) is 6.16. The van der Waals surface area contributed by atoms with Crippen molar-refractivity contribution in [1.82, 2.24) is 10.3 Å². The molecular formula is C21H14N3O4S-. The van der Waals surface area contributed by atoms with Crippen LogP contribution in [0.4, 0.5) is 0 Å². The van der Waals surface area contributed by atoms with Gasteiger partial charge in [-0.1, -0.05) is 42.1 Å².